The average Bonchev–Trinajstić information content (AvgIpc) is 2.95. The summed E-state index contributed by atoms with van der Waals surface area (Å²) in [6.45, 7) is 12.1. The van der Waals surface area contributed by atoms with Crippen LogP contribution < -0.4 is 5.22 Å². The van der Waals surface area contributed by atoms with Crippen LogP contribution in [0.25, 0.3) is 39.5 Å². The van der Waals surface area contributed by atoms with Gasteiger partial charge in [0, 0.05) is 27.9 Å². The van der Waals surface area contributed by atoms with Gasteiger partial charge in [-0.15, -0.1) is 0 Å². The molecule has 0 bridgehead atoms. The fourth-order valence-electron chi connectivity index (χ4n) is 3.83. The van der Waals surface area contributed by atoms with Gasteiger partial charge in [-0.25, -0.2) is 13.2 Å². The lowest BCUT2D eigenvalue weighted by atomic mass is 10.0. The van der Waals surface area contributed by atoms with E-state index in [1.165, 1.54) is 12.1 Å². The van der Waals surface area contributed by atoms with Crippen molar-refractivity contribution in [2.75, 3.05) is 6.61 Å². The van der Waals surface area contributed by atoms with E-state index in [0.29, 0.717) is 56.9 Å². The molecule has 0 atom stereocenters. The highest BCUT2D eigenvalue weighted by molar-refractivity contribution is 6.15. The van der Waals surface area contributed by atoms with Gasteiger partial charge in [-0.2, -0.15) is 0 Å². The van der Waals surface area contributed by atoms with E-state index in [0.717, 1.165) is 6.07 Å². The second kappa shape index (κ2) is 6.05. The number of halogens is 3. The topological polar surface area (TPSA) is 13.6 Å². The van der Waals surface area contributed by atoms with Crippen LogP contribution in [0.2, 0.25) is 0 Å². The van der Waals surface area contributed by atoms with Gasteiger partial charge in [0.15, 0.2) is 11.6 Å². The molecular formula is C22H18F3NO. The summed E-state index contributed by atoms with van der Waals surface area (Å²) < 4.78 is 50.6. The Bertz CT molecular complexity index is 1290. The van der Waals surface area contributed by atoms with Crippen molar-refractivity contribution in [2.24, 2.45) is 0 Å². The van der Waals surface area contributed by atoms with Gasteiger partial charge < -0.3 is 9.14 Å². The molecule has 0 N–H and O–H groups in total. The monoisotopic (exact) mass is 369 g/mol. The van der Waals surface area contributed by atoms with Gasteiger partial charge in [0.25, 0.3) is 0 Å². The maximum Gasteiger partial charge on any atom is 0.168 e. The molecule has 0 saturated heterocycles. The van der Waals surface area contributed by atoms with E-state index in [2.05, 4.69) is 13.2 Å². The predicted molar refractivity (Wildman–Crippen MR) is 103 cm³/mol. The minimum Gasteiger partial charge on any atom is -0.494 e. The molecule has 0 radical (unpaired) electrons. The Morgan fingerprint density at radius 2 is 1.81 bits per heavy atom. The Kier molecular flexibility index (Phi) is 3.91. The van der Waals surface area contributed by atoms with Gasteiger partial charge in [0.1, 0.15) is 11.6 Å². The lowest BCUT2D eigenvalue weighted by Gasteiger charge is -2.12. The molecule has 4 rings (SSSR count). The number of aryl methyl sites for hydroxylation is 1. The lowest BCUT2D eigenvalue weighted by molar-refractivity contribution is 0.299. The van der Waals surface area contributed by atoms with E-state index in [1.54, 1.807) is 10.6 Å². The number of hydrogen-bond acceptors (Lipinski definition) is 1. The first-order chi connectivity index (χ1) is 12.9. The molecule has 2 nitrogen and oxygen atoms in total. The Labute approximate surface area is 154 Å². The number of benzene rings is 2. The van der Waals surface area contributed by atoms with Gasteiger partial charge in [0.05, 0.1) is 17.6 Å². The summed E-state index contributed by atoms with van der Waals surface area (Å²) >= 11 is 0. The fourth-order valence-corrected chi connectivity index (χ4v) is 3.83. The highest BCUT2D eigenvalue weighted by Gasteiger charge is 2.22. The third-order valence-corrected chi connectivity index (χ3v) is 5.01. The fraction of sp³-hybridized carbons (Fsp3) is 0.182. The van der Waals surface area contributed by atoms with Crippen LogP contribution in [0, 0.1) is 17.5 Å². The van der Waals surface area contributed by atoms with Crippen LogP contribution in [0.15, 0.2) is 31.0 Å². The normalized spacial score (nSPS) is 11.7. The molecule has 0 aliphatic rings. The largest absolute Gasteiger partial charge is 0.494 e. The minimum atomic E-state index is -0.997. The van der Waals surface area contributed by atoms with Crippen molar-refractivity contribution >= 4 is 39.5 Å². The first kappa shape index (κ1) is 17.5. The zero-order valence-electron chi connectivity index (χ0n) is 15.1. The average molecular weight is 369 g/mol. The smallest absolute Gasteiger partial charge is 0.168 e. The zero-order valence-corrected chi connectivity index (χ0v) is 15.1. The van der Waals surface area contributed by atoms with Gasteiger partial charge in [-0.3, -0.25) is 0 Å². The van der Waals surface area contributed by atoms with Crippen molar-refractivity contribution in [3.05, 3.63) is 64.8 Å². The molecule has 0 unspecified atom stereocenters. The Morgan fingerprint density at radius 1 is 1.07 bits per heavy atom. The van der Waals surface area contributed by atoms with E-state index < -0.39 is 17.5 Å². The van der Waals surface area contributed by atoms with Crippen LogP contribution in [0.4, 0.5) is 13.2 Å². The van der Waals surface area contributed by atoms with E-state index in [-0.39, 0.29) is 5.39 Å². The summed E-state index contributed by atoms with van der Waals surface area (Å²) in [5.41, 5.74) is 2.42. The number of pyridine rings is 1. The molecule has 0 aliphatic heterocycles. The van der Waals surface area contributed by atoms with Crippen LogP contribution in [-0.4, -0.2) is 11.0 Å². The lowest BCUT2D eigenvalue weighted by Crippen LogP contribution is -2.12. The number of nitrogens with zero attached hydrogens (tertiary/aromatic N) is 1. The molecular weight excluding hydrogens is 351 g/mol. The van der Waals surface area contributed by atoms with Crippen molar-refractivity contribution < 1.29 is 17.9 Å². The number of hydrogen-bond donors (Lipinski definition) is 0. The molecule has 138 valence electrons. The first-order valence-electron chi connectivity index (χ1n) is 8.76. The number of fused-ring (bicyclic) bond motifs is 3. The summed E-state index contributed by atoms with van der Waals surface area (Å²) in [6.07, 6.45) is 2.30. The minimum absolute atomic E-state index is 0.0627. The molecule has 2 aromatic carbocycles. The first-order valence-corrected chi connectivity index (χ1v) is 8.76. The summed E-state index contributed by atoms with van der Waals surface area (Å²) in [7, 11) is 0. The van der Waals surface area contributed by atoms with Crippen molar-refractivity contribution in [1.29, 1.82) is 0 Å². The summed E-state index contributed by atoms with van der Waals surface area (Å²) in [6, 6.07) is 3.80. The molecule has 0 amide bonds. The second-order valence-corrected chi connectivity index (χ2v) is 6.51. The maximum atomic E-state index is 14.7. The van der Waals surface area contributed by atoms with Crippen molar-refractivity contribution in [3.63, 3.8) is 0 Å². The van der Waals surface area contributed by atoms with Gasteiger partial charge in [-0.05, 0) is 42.3 Å². The molecule has 0 aliphatic carbocycles. The standard InChI is InChI=1S/C22H18F3NO/c1-5-13-7-14(23)8-16-19-20(25)18(24)9-15-11(3)17(12(4)27-6-2)10-26(21(13)16)22(15)19/h7-10H,3-6H2,1-2H3. The van der Waals surface area contributed by atoms with Crippen LogP contribution in [0.5, 0.6) is 0 Å². The highest BCUT2D eigenvalue weighted by atomic mass is 19.2. The molecule has 2 aromatic heterocycles. The number of ether oxygens (including phenoxy) is 1. The van der Waals surface area contributed by atoms with E-state index in [4.69, 9.17) is 4.74 Å². The van der Waals surface area contributed by atoms with E-state index in [9.17, 15) is 13.2 Å². The maximum absolute atomic E-state index is 14.7. The van der Waals surface area contributed by atoms with Crippen LogP contribution in [0.3, 0.4) is 0 Å². The molecule has 27 heavy (non-hydrogen) atoms. The van der Waals surface area contributed by atoms with E-state index >= 15 is 0 Å². The molecule has 4 aromatic rings. The van der Waals surface area contributed by atoms with E-state index in [1.807, 2.05) is 13.8 Å². The molecule has 5 heteroatoms. The Hall–Kier alpha value is -2.95. The van der Waals surface area contributed by atoms with Crippen molar-refractivity contribution in [2.45, 2.75) is 20.3 Å². The summed E-state index contributed by atoms with van der Waals surface area (Å²) in [5.74, 6) is -2.07. The Balaban J connectivity index is 2.34. The molecule has 2 heterocycles. The van der Waals surface area contributed by atoms with Gasteiger partial charge in [-0.1, -0.05) is 20.1 Å². The zero-order chi connectivity index (χ0) is 19.5. The van der Waals surface area contributed by atoms with Gasteiger partial charge >= 0.3 is 0 Å². The number of aromatic nitrogens is 1. The van der Waals surface area contributed by atoms with Crippen LogP contribution in [0.1, 0.15) is 25.0 Å². The predicted octanol–water partition coefficient (Wildman–Crippen LogP) is 5.36. The second-order valence-electron chi connectivity index (χ2n) is 6.51. The van der Waals surface area contributed by atoms with Crippen LogP contribution >= 0.6 is 0 Å². The molecule has 0 fully saturated rings. The van der Waals surface area contributed by atoms with Crippen molar-refractivity contribution in [3.8, 4) is 0 Å². The summed E-state index contributed by atoms with van der Waals surface area (Å²) in [4.78, 5) is 0. The van der Waals surface area contributed by atoms with Crippen LogP contribution in [-0.2, 0) is 11.2 Å². The molecule has 0 spiro atoms. The third-order valence-electron chi connectivity index (χ3n) is 5.01. The highest BCUT2D eigenvalue weighted by Crippen LogP contribution is 2.37. The SMILES string of the molecule is C=C(OCC)c1cn2c3c(CC)cc(F)cc3c3c(F)c(F)cc(c1=C)c32. The van der Waals surface area contributed by atoms with Gasteiger partial charge in [0.2, 0.25) is 0 Å². The molecule has 0 saturated carbocycles. The number of rotatable bonds is 4. The summed E-state index contributed by atoms with van der Waals surface area (Å²) in [5, 5.41) is 1.34. The quantitative estimate of drug-likeness (QED) is 0.442. The third kappa shape index (κ3) is 2.34. The van der Waals surface area contributed by atoms with Crippen molar-refractivity contribution in [1.82, 2.24) is 4.40 Å². The Morgan fingerprint density at radius 3 is 2.48 bits per heavy atom.